The molecule has 116 valence electrons. The Kier molecular flexibility index (Phi) is 6.27. The molecule has 0 spiro atoms. The summed E-state index contributed by atoms with van der Waals surface area (Å²) < 4.78 is 26.5. The predicted octanol–water partition coefficient (Wildman–Crippen LogP) is 3.21. The zero-order valence-electron chi connectivity index (χ0n) is 12.1. The predicted molar refractivity (Wildman–Crippen MR) is 88.8 cm³/mol. The topological polar surface area (TPSA) is 24.1 Å². The summed E-state index contributed by atoms with van der Waals surface area (Å²) in [6.07, 6.45) is 1.26. The summed E-state index contributed by atoms with van der Waals surface area (Å²) in [7, 11) is 0. The number of hydrogen-bond donors (Lipinski definition) is 2. The van der Waals surface area contributed by atoms with Crippen LogP contribution in [-0.2, 0) is 12.8 Å². The maximum atomic E-state index is 13.4. The smallest absolute Gasteiger partial charge is 0.166 e. The number of benzene rings is 2. The van der Waals surface area contributed by atoms with Crippen molar-refractivity contribution in [2.24, 2.45) is 0 Å². The van der Waals surface area contributed by atoms with Gasteiger partial charge in [-0.15, -0.1) is 0 Å². The first kappa shape index (κ1) is 16.4. The molecule has 0 bridgehead atoms. The molecule has 0 radical (unpaired) electrons. The van der Waals surface area contributed by atoms with Crippen molar-refractivity contribution in [3.05, 3.63) is 71.3 Å². The van der Waals surface area contributed by atoms with Gasteiger partial charge in [0.15, 0.2) is 5.11 Å². The van der Waals surface area contributed by atoms with Gasteiger partial charge in [0, 0.05) is 13.1 Å². The summed E-state index contributed by atoms with van der Waals surface area (Å²) in [4.78, 5) is 0. The van der Waals surface area contributed by atoms with Crippen molar-refractivity contribution >= 4 is 17.3 Å². The molecule has 0 heterocycles. The summed E-state index contributed by atoms with van der Waals surface area (Å²) >= 11 is 5.15. The molecule has 5 heteroatoms. The van der Waals surface area contributed by atoms with Crippen LogP contribution < -0.4 is 10.6 Å². The van der Waals surface area contributed by atoms with E-state index in [4.69, 9.17) is 12.2 Å². The molecular formula is C17H18F2N2S. The SMILES string of the molecule is Fc1cccc(CCNC(=S)NCCc2ccccc2F)c1. The summed E-state index contributed by atoms with van der Waals surface area (Å²) in [5, 5.41) is 6.61. The first-order valence-corrected chi connectivity index (χ1v) is 7.55. The fourth-order valence-corrected chi connectivity index (χ4v) is 2.29. The Morgan fingerprint density at radius 3 is 2.36 bits per heavy atom. The van der Waals surface area contributed by atoms with Crippen LogP contribution in [0.2, 0.25) is 0 Å². The quantitative estimate of drug-likeness (QED) is 0.799. The molecule has 22 heavy (non-hydrogen) atoms. The van der Waals surface area contributed by atoms with Crippen LogP contribution in [0.15, 0.2) is 48.5 Å². The van der Waals surface area contributed by atoms with Gasteiger partial charge in [0.05, 0.1) is 0 Å². The van der Waals surface area contributed by atoms with Crippen molar-refractivity contribution in [2.45, 2.75) is 12.8 Å². The molecule has 0 amide bonds. The second kappa shape index (κ2) is 8.44. The highest BCUT2D eigenvalue weighted by atomic mass is 32.1. The van der Waals surface area contributed by atoms with E-state index < -0.39 is 0 Å². The van der Waals surface area contributed by atoms with Gasteiger partial charge < -0.3 is 10.6 Å². The van der Waals surface area contributed by atoms with Crippen LogP contribution in [0.4, 0.5) is 8.78 Å². The molecule has 0 aliphatic rings. The van der Waals surface area contributed by atoms with Crippen LogP contribution >= 0.6 is 12.2 Å². The van der Waals surface area contributed by atoms with Gasteiger partial charge in [-0.05, 0) is 54.4 Å². The number of hydrogen-bond acceptors (Lipinski definition) is 1. The fourth-order valence-electron chi connectivity index (χ4n) is 2.09. The van der Waals surface area contributed by atoms with Gasteiger partial charge in [0.1, 0.15) is 11.6 Å². The highest BCUT2D eigenvalue weighted by Crippen LogP contribution is 2.06. The van der Waals surface area contributed by atoms with E-state index in [1.165, 1.54) is 18.2 Å². The van der Waals surface area contributed by atoms with E-state index >= 15 is 0 Å². The average molecular weight is 320 g/mol. The molecule has 0 atom stereocenters. The Morgan fingerprint density at radius 1 is 0.909 bits per heavy atom. The lowest BCUT2D eigenvalue weighted by molar-refractivity contribution is 0.607. The van der Waals surface area contributed by atoms with Crippen LogP contribution in [0.1, 0.15) is 11.1 Å². The first-order chi connectivity index (χ1) is 10.6. The molecule has 0 aliphatic heterocycles. The van der Waals surface area contributed by atoms with E-state index in [2.05, 4.69) is 10.6 Å². The maximum absolute atomic E-state index is 13.4. The Balaban J connectivity index is 1.65. The molecule has 2 aromatic carbocycles. The van der Waals surface area contributed by atoms with Gasteiger partial charge in [0.25, 0.3) is 0 Å². The molecule has 0 fully saturated rings. The van der Waals surface area contributed by atoms with Gasteiger partial charge in [-0.25, -0.2) is 8.78 Å². The second-order valence-electron chi connectivity index (χ2n) is 4.90. The molecule has 0 unspecified atom stereocenters. The van der Waals surface area contributed by atoms with Gasteiger partial charge >= 0.3 is 0 Å². The number of rotatable bonds is 6. The van der Waals surface area contributed by atoms with Gasteiger partial charge in [0.2, 0.25) is 0 Å². The van der Waals surface area contributed by atoms with Crippen molar-refractivity contribution in [1.82, 2.24) is 10.6 Å². The number of halogens is 2. The van der Waals surface area contributed by atoms with Gasteiger partial charge in [-0.3, -0.25) is 0 Å². The van der Waals surface area contributed by atoms with Crippen LogP contribution in [0.25, 0.3) is 0 Å². The molecule has 2 rings (SSSR count). The van der Waals surface area contributed by atoms with E-state index in [-0.39, 0.29) is 11.6 Å². The summed E-state index contributed by atoms with van der Waals surface area (Å²) in [6.45, 7) is 1.18. The molecule has 0 saturated carbocycles. The highest BCUT2D eigenvalue weighted by Gasteiger charge is 2.01. The van der Waals surface area contributed by atoms with Crippen molar-refractivity contribution < 1.29 is 8.78 Å². The summed E-state index contributed by atoms with van der Waals surface area (Å²) in [6, 6.07) is 13.2. The molecule has 0 saturated heterocycles. The number of thiocarbonyl (C=S) groups is 1. The summed E-state index contributed by atoms with van der Waals surface area (Å²) in [5.74, 6) is -0.433. The van der Waals surface area contributed by atoms with E-state index in [0.717, 1.165) is 5.56 Å². The van der Waals surface area contributed by atoms with Crippen molar-refractivity contribution in [2.75, 3.05) is 13.1 Å². The largest absolute Gasteiger partial charge is 0.362 e. The number of nitrogens with one attached hydrogen (secondary N) is 2. The lowest BCUT2D eigenvalue weighted by Crippen LogP contribution is -2.37. The minimum atomic E-state index is -0.233. The van der Waals surface area contributed by atoms with E-state index in [9.17, 15) is 8.78 Å². The average Bonchev–Trinajstić information content (AvgIpc) is 2.49. The molecule has 2 aromatic rings. The van der Waals surface area contributed by atoms with Crippen molar-refractivity contribution in [3.8, 4) is 0 Å². The Hall–Kier alpha value is -2.01. The zero-order chi connectivity index (χ0) is 15.8. The lowest BCUT2D eigenvalue weighted by Gasteiger charge is -2.11. The second-order valence-corrected chi connectivity index (χ2v) is 5.31. The lowest BCUT2D eigenvalue weighted by atomic mass is 10.1. The Labute approximate surface area is 134 Å². The minimum absolute atomic E-state index is 0.200. The third-order valence-electron chi connectivity index (χ3n) is 3.23. The molecule has 0 aromatic heterocycles. The van der Waals surface area contributed by atoms with Crippen molar-refractivity contribution in [3.63, 3.8) is 0 Å². The highest BCUT2D eigenvalue weighted by molar-refractivity contribution is 7.80. The van der Waals surface area contributed by atoms with E-state index in [1.54, 1.807) is 18.2 Å². The minimum Gasteiger partial charge on any atom is -0.362 e. The monoisotopic (exact) mass is 320 g/mol. The molecule has 2 nitrogen and oxygen atoms in total. The maximum Gasteiger partial charge on any atom is 0.166 e. The van der Waals surface area contributed by atoms with E-state index in [1.807, 2.05) is 12.1 Å². The van der Waals surface area contributed by atoms with Gasteiger partial charge in [-0.2, -0.15) is 0 Å². The standard InChI is InChI=1S/C17H18F2N2S/c18-15-6-3-4-13(12-15)8-10-20-17(22)21-11-9-14-5-1-2-7-16(14)19/h1-7,12H,8-11H2,(H2,20,21,22). The molecule has 0 aliphatic carbocycles. The molecular weight excluding hydrogens is 302 g/mol. The fraction of sp³-hybridized carbons (Fsp3) is 0.235. The third kappa shape index (κ3) is 5.41. The van der Waals surface area contributed by atoms with Crippen molar-refractivity contribution in [1.29, 1.82) is 0 Å². The summed E-state index contributed by atoms with van der Waals surface area (Å²) in [5.41, 5.74) is 1.58. The Morgan fingerprint density at radius 2 is 1.64 bits per heavy atom. The molecule has 2 N–H and O–H groups in total. The Bertz CT molecular complexity index is 632. The van der Waals surface area contributed by atoms with Crippen LogP contribution in [0, 0.1) is 11.6 Å². The third-order valence-corrected chi connectivity index (χ3v) is 3.51. The van der Waals surface area contributed by atoms with Crippen LogP contribution in [-0.4, -0.2) is 18.2 Å². The van der Waals surface area contributed by atoms with Crippen LogP contribution in [0.3, 0.4) is 0 Å². The zero-order valence-corrected chi connectivity index (χ0v) is 12.9. The normalized spacial score (nSPS) is 10.3. The van der Waals surface area contributed by atoms with E-state index in [0.29, 0.717) is 36.6 Å². The van der Waals surface area contributed by atoms with Gasteiger partial charge in [-0.1, -0.05) is 30.3 Å². The first-order valence-electron chi connectivity index (χ1n) is 7.15. The van der Waals surface area contributed by atoms with Crippen LogP contribution in [0.5, 0.6) is 0 Å².